The van der Waals surface area contributed by atoms with Gasteiger partial charge in [0.2, 0.25) is 0 Å². The third-order valence-corrected chi connectivity index (χ3v) is 4.41. The topological polar surface area (TPSA) is 50.8 Å². The molecule has 1 fully saturated rings. The maximum atomic E-state index is 12.3. The molecule has 138 valence electrons. The zero-order valence-corrected chi connectivity index (χ0v) is 15.2. The highest BCUT2D eigenvalue weighted by atomic mass is 16.5. The average molecular weight is 354 g/mol. The number of ether oxygens (including phenoxy) is 2. The first-order valence-electron chi connectivity index (χ1n) is 9.13. The molecule has 0 spiro atoms. The second-order valence-electron chi connectivity index (χ2n) is 6.35. The molecule has 1 N–H and O–H groups in total. The first kappa shape index (κ1) is 18.4. The average Bonchev–Trinajstić information content (AvgIpc) is 2.69. The Hall–Kier alpha value is -2.37. The predicted molar refractivity (Wildman–Crippen MR) is 101 cm³/mol. The summed E-state index contributed by atoms with van der Waals surface area (Å²) in [6, 6.07) is 15.6. The van der Waals surface area contributed by atoms with Gasteiger partial charge in [0.05, 0.1) is 19.8 Å². The molecular weight excluding hydrogens is 328 g/mol. The van der Waals surface area contributed by atoms with Crippen LogP contribution in [-0.2, 0) is 17.8 Å². The molecule has 2 aromatic rings. The highest BCUT2D eigenvalue weighted by molar-refractivity contribution is 5.94. The van der Waals surface area contributed by atoms with E-state index < -0.39 is 0 Å². The molecule has 0 radical (unpaired) electrons. The maximum absolute atomic E-state index is 12.3. The molecule has 0 aliphatic carbocycles. The number of nitrogens with zero attached hydrogens (tertiary/aromatic N) is 1. The number of morpholine rings is 1. The fraction of sp³-hybridized carbons (Fsp3) is 0.381. The van der Waals surface area contributed by atoms with E-state index >= 15 is 0 Å². The van der Waals surface area contributed by atoms with Crippen molar-refractivity contribution in [1.82, 2.24) is 10.2 Å². The fourth-order valence-corrected chi connectivity index (χ4v) is 2.93. The van der Waals surface area contributed by atoms with E-state index in [0.717, 1.165) is 44.2 Å². The van der Waals surface area contributed by atoms with Crippen molar-refractivity contribution in [1.29, 1.82) is 0 Å². The van der Waals surface area contributed by atoms with Crippen molar-refractivity contribution >= 4 is 5.91 Å². The van der Waals surface area contributed by atoms with Crippen LogP contribution in [0, 0.1) is 0 Å². The van der Waals surface area contributed by atoms with Crippen molar-refractivity contribution < 1.29 is 14.3 Å². The molecule has 1 aliphatic heterocycles. The Balaban J connectivity index is 1.49. The van der Waals surface area contributed by atoms with Crippen LogP contribution in [0.4, 0.5) is 0 Å². The molecule has 1 amide bonds. The predicted octanol–water partition coefficient (Wildman–Crippen LogP) is 2.85. The summed E-state index contributed by atoms with van der Waals surface area (Å²) >= 11 is 0. The van der Waals surface area contributed by atoms with E-state index in [0.29, 0.717) is 18.7 Å². The molecule has 5 heteroatoms. The lowest BCUT2D eigenvalue weighted by Gasteiger charge is -2.26. The number of carbonyl (C=O) groups excluding carboxylic acids is 1. The Morgan fingerprint density at radius 3 is 2.35 bits per heavy atom. The summed E-state index contributed by atoms with van der Waals surface area (Å²) in [5.74, 6) is 0.787. The lowest BCUT2D eigenvalue weighted by Crippen LogP contribution is -2.35. The zero-order valence-electron chi connectivity index (χ0n) is 15.2. The summed E-state index contributed by atoms with van der Waals surface area (Å²) in [5, 5.41) is 2.96. The summed E-state index contributed by atoms with van der Waals surface area (Å²) in [6.45, 7) is 7.53. The molecule has 1 aliphatic rings. The second kappa shape index (κ2) is 9.36. The highest BCUT2D eigenvalue weighted by Gasteiger charge is 2.11. The zero-order chi connectivity index (χ0) is 18.2. The van der Waals surface area contributed by atoms with Crippen molar-refractivity contribution in [2.24, 2.45) is 0 Å². The van der Waals surface area contributed by atoms with Crippen molar-refractivity contribution in [3.8, 4) is 5.75 Å². The second-order valence-corrected chi connectivity index (χ2v) is 6.35. The quantitative estimate of drug-likeness (QED) is 0.831. The third kappa shape index (κ3) is 5.31. The Morgan fingerprint density at radius 1 is 1.04 bits per heavy atom. The summed E-state index contributed by atoms with van der Waals surface area (Å²) in [5.41, 5.74) is 2.95. The van der Waals surface area contributed by atoms with E-state index in [1.807, 2.05) is 55.5 Å². The molecule has 2 aromatic carbocycles. The lowest BCUT2D eigenvalue weighted by molar-refractivity contribution is 0.0342. The van der Waals surface area contributed by atoms with Crippen molar-refractivity contribution in [2.45, 2.75) is 20.0 Å². The number of benzene rings is 2. The molecular formula is C21H26N2O3. The van der Waals surface area contributed by atoms with Gasteiger partial charge in [-0.05, 0) is 42.3 Å². The van der Waals surface area contributed by atoms with Gasteiger partial charge in [-0.1, -0.05) is 24.3 Å². The molecule has 0 saturated carbocycles. The SMILES string of the molecule is CCOc1ccc(CNC(=O)c2ccc(CN3CCOCC3)cc2)cc1. The van der Waals surface area contributed by atoms with Crippen LogP contribution in [-0.4, -0.2) is 43.7 Å². The molecule has 5 nitrogen and oxygen atoms in total. The summed E-state index contributed by atoms with van der Waals surface area (Å²) in [4.78, 5) is 14.7. The van der Waals surface area contributed by atoms with E-state index in [2.05, 4.69) is 10.2 Å². The molecule has 3 rings (SSSR count). The van der Waals surface area contributed by atoms with Gasteiger partial charge < -0.3 is 14.8 Å². The number of hydrogen-bond acceptors (Lipinski definition) is 4. The van der Waals surface area contributed by atoms with Crippen molar-refractivity contribution in [2.75, 3.05) is 32.9 Å². The fourth-order valence-electron chi connectivity index (χ4n) is 2.93. The number of rotatable bonds is 7. The van der Waals surface area contributed by atoms with Gasteiger partial charge in [0.25, 0.3) is 5.91 Å². The Kier molecular flexibility index (Phi) is 6.63. The van der Waals surface area contributed by atoms with Gasteiger partial charge >= 0.3 is 0 Å². The van der Waals surface area contributed by atoms with Crippen LogP contribution in [0.25, 0.3) is 0 Å². The van der Waals surface area contributed by atoms with E-state index in [9.17, 15) is 4.79 Å². The molecule has 1 heterocycles. The normalized spacial score (nSPS) is 14.8. The first-order chi connectivity index (χ1) is 12.7. The standard InChI is InChI=1S/C21H26N2O3/c1-2-26-20-9-5-17(6-10-20)15-22-21(24)19-7-3-18(4-8-19)16-23-11-13-25-14-12-23/h3-10H,2,11-16H2,1H3,(H,22,24). The Labute approximate surface area is 154 Å². The molecule has 0 atom stereocenters. The number of carbonyl (C=O) groups is 1. The monoisotopic (exact) mass is 354 g/mol. The number of hydrogen-bond donors (Lipinski definition) is 1. The summed E-state index contributed by atoms with van der Waals surface area (Å²) in [7, 11) is 0. The molecule has 0 unspecified atom stereocenters. The molecule has 0 aromatic heterocycles. The Morgan fingerprint density at radius 2 is 1.69 bits per heavy atom. The number of nitrogens with one attached hydrogen (secondary N) is 1. The maximum Gasteiger partial charge on any atom is 0.251 e. The summed E-state index contributed by atoms with van der Waals surface area (Å²) < 4.78 is 10.8. The van der Waals surface area contributed by atoms with Gasteiger partial charge in [-0.15, -0.1) is 0 Å². The van der Waals surface area contributed by atoms with Gasteiger partial charge in [0, 0.05) is 31.7 Å². The molecule has 0 bridgehead atoms. The van der Waals surface area contributed by atoms with Crippen LogP contribution in [0.2, 0.25) is 0 Å². The van der Waals surface area contributed by atoms with Gasteiger partial charge in [-0.3, -0.25) is 9.69 Å². The van der Waals surface area contributed by atoms with Crippen molar-refractivity contribution in [3.05, 3.63) is 65.2 Å². The largest absolute Gasteiger partial charge is 0.494 e. The minimum atomic E-state index is -0.0585. The van der Waals surface area contributed by atoms with Crippen LogP contribution in [0.1, 0.15) is 28.4 Å². The number of amides is 1. The van der Waals surface area contributed by atoms with Gasteiger partial charge in [0.15, 0.2) is 0 Å². The Bertz CT molecular complexity index is 692. The van der Waals surface area contributed by atoms with Crippen LogP contribution in [0.5, 0.6) is 5.75 Å². The smallest absolute Gasteiger partial charge is 0.251 e. The van der Waals surface area contributed by atoms with Gasteiger partial charge in [0.1, 0.15) is 5.75 Å². The van der Waals surface area contributed by atoms with Gasteiger partial charge in [-0.25, -0.2) is 0 Å². The first-order valence-corrected chi connectivity index (χ1v) is 9.13. The lowest BCUT2D eigenvalue weighted by atomic mass is 10.1. The minimum absolute atomic E-state index is 0.0585. The van der Waals surface area contributed by atoms with E-state index in [1.54, 1.807) is 0 Å². The van der Waals surface area contributed by atoms with Crippen LogP contribution < -0.4 is 10.1 Å². The minimum Gasteiger partial charge on any atom is -0.494 e. The van der Waals surface area contributed by atoms with Crippen LogP contribution in [0.15, 0.2) is 48.5 Å². The van der Waals surface area contributed by atoms with Crippen molar-refractivity contribution in [3.63, 3.8) is 0 Å². The van der Waals surface area contributed by atoms with E-state index in [4.69, 9.17) is 9.47 Å². The van der Waals surface area contributed by atoms with Crippen LogP contribution in [0.3, 0.4) is 0 Å². The third-order valence-electron chi connectivity index (χ3n) is 4.41. The summed E-state index contributed by atoms with van der Waals surface area (Å²) in [6.07, 6.45) is 0. The molecule has 26 heavy (non-hydrogen) atoms. The molecule has 1 saturated heterocycles. The van der Waals surface area contributed by atoms with Crippen LogP contribution >= 0.6 is 0 Å². The van der Waals surface area contributed by atoms with Gasteiger partial charge in [-0.2, -0.15) is 0 Å². The van der Waals surface area contributed by atoms with E-state index in [-0.39, 0.29) is 5.91 Å². The van der Waals surface area contributed by atoms with E-state index in [1.165, 1.54) is 5.56 Å². The highest BCUT2D eigenvalue weighted by Crippen LogP contribution is 2.13.